The van der Waals surface area contributed by atoms with Crippen LogP contribution in [0.4, 0.5) is 26.4 Å². The van der Waals surface area contributed by atoms with Gasteiger partial charge in [-0.2, -0.15) is 4.98 Å². The van der Waals surface area contributed by atoms with E-state index in [1.165, 1.54) is 12.3 Å². The Labute approximate surface area is 167 Å². The van der Waals surface area contributed by atoms with Crippen molar-refractivity contribution in [2.24, 2.45) is 0 Å². The number of ether oxygens (including phenoxy) is 2. The number of nitrogens with zero attached hydrogens (tertiary/aromatic N) is 5. The summed E-state index contributed by atoms with van der Waals surface area (Å²) < 4.78 is 38.3. The third-order valence-electron chi connectivity index (χ3n) is 5.12. The van der Waals surface area contributed by atoms with E-state index < -0.39 is 6.43 Å². The van der Waals surface area contributed by atoms with E-state index in [0.717, 1.165) is 0 Å². The molecule has 4 rings (SSSR count). The number of nitrogens with two attached hydrogens (primary N) is 1. The summed E-state index contributed by atoms with van der Waals surface area (Å²) >= 11 is 0. The van der Waals surface area contributed by atoms with Gasteiger partial charge in [0.05, 0.1) is 38.2 Å². The molecule has 2 aliphatic rings. The third-order valence-corrected chi connectivity index (χ3v) is 5.12. The zero-order valence-corrected chi connectivity index (χ0v) is 16.2. The van der Waals surface area contributed by atoms with Crippen LogP contribution in [-0.2, 0) is 9.47 Å². The van der Waals surface area contributed by atoms with E-state index in [1.54, 1.807) is 6.07 Å². The second-order valence-electron chi connectivity index (χ2n) is 7.13. The molecule has 0 aliphatic carbocycles. The predicted molar refractivity (Wildman–Crippen MR) is 105 cm³/mol. The number of halogens is 2. The van der Waals surface area contributed by atoms with Gasteiger partial charge in [0.15, 0.2) is 0 Å². The van der Waals surface area contributed by atoms with Crippen LogP contribution in [0.1, 0.15) is 18.9 Å². The third kappa shape index (κ3) is 4.23. The largest absolute Gasteiger partial charge is 0.384 e. The molecule has 2 saturated heterocycles. The molecular formula is C19H24F2N6O2. The SMILES string of the molecule is C[C@H]1COCCN1c1cc(-c2cnc(N)cc2C(F)F)nc(N2CCOCC2)n1. The summed E-state index contributed by atoms with van der Waals surface area (Å²) in [4.78, 5) is 17.5. The first-order chi connectivity index (χ1) is 14.0. The fraction of sp³-hybridized carbons (Fsp3) is 0.526. The van der Waals surface area contributed by atoms with Gasteiger partial charge in [-0.3, -0.25) is 0 Å². The van der Waals surface area contributed by atoms with Crippen molar-refractivity contribution in [3.05, 3.63) is 23.9 Å². The maximum Gasteiger partial charge on any atom is 0.264 e. The molecule has 2 aromatic rings. The first-order valence-corrected chi connectivity index (χ1v) is 9.63. The van der Waals surface area contributed by atoms with Crippen LogP contribution in [0, 0.1) is 0 Å². The van der Waals surface area contributed by atoms with Crippen molar-refractivity contribution in [3.8, 4) is 11.3 Å². The van der Waals surface area contributed by atoms with E-state index in [4.69, 9.17) is 20.2 Å². The Morgan fingerprint density at radius 1 is 1.10 bits per heavy atom. The average Bonchev–Trinajstić information content (AvgIpc) is 2.74. The number of nitrogen functional groups attached to an aromatic ring is 1. The van der Waals surface area contributed by atoms with Crippen LogP contribution in [0.2, 0.25) is 0 Å². The average molecular weight is 406 g/mol. The van der Waals surface area contributed by atoms with Gasteiger partial charge in [-0.1, -0.05) is 0 Å². The molecule has 2 fully saturated rings. The van der Waals surface area contributed by atoms with Gasteiger partial charge in [0.25, 0.3) is 6.43 Å². The molecule has 8 nitrogen and oxygen atoms in total. The number of hydrogen-bond donors (Lipinski definition) is 1. The Bertz CT molecular complexity index is 863. The van der Waals surface area contributed by atoms with Crippen molar-refractivity contribution in [3.63, 3.8) is 0 Å². The maximum atomic E-state index is 13.7. The molecule has 29 heavy (non-hydrogen) atoms. The van der Waals surface area contributed by atoms with Gasteiger partial charge in [0.1, 0.15) is 11.6 Å². The van der Waals surface area contributed by atoms with Crippen molar-refractivity contribution in [1.29, 1.82) is 0 Å². The Morgan fingerprint density at radius 2 is 1.86 bits per heavy atom. The molecule has 0 saturated carbocycles. The normalized spacial score (nSPS) is 20.3. The Kier molecular flexibility index (Phi) is 5.72. The molecule has 0 aromatic carbocycles. The molecule has 156 valence electrons. The Balaban J connectivity index is 1.81. The highest BCUT2D eigenvalue weighted by Crippen LogP contribution is 2.33. The highest BCUT2D eigenvalue weighted by molar-refractivity contribution is 5.69. The summed E-state index contributed by atoms with van der Waals surface area (Å²) in [6.07, 6.45) is -1.34. The minimum absolute atomic E-state index is 0.0496. The fourth-order valence-corrected chi connectivity index (χ4v) is 3.56. The lowest BCUT2D eigenvalue weighted by Crippen LogP contribution is -2.44. The summed E-state index contributed by atoms with van der Waals surface area (Å²) in [5.41, 5.74) is 6.10. The number of alkyl halides is 2. The molecule has 2 N–H and O–H groups in total. The maximum absolute atomic E-state index is 13.7. The first-order valence-electron chi connectivity index (χ1n) is 9.63. The number of rotatable bonds is 4. The molecule has 4 heterocycles. The summed E-state index contributed by atoms with van der Waals surface area (Å²) in [5.74, 6) is 1.23. The van der Waals surface area contributed by atoms with Crippen LogP contribution in [0.5, 0.6) is 0 Å². The summed E-state index contributed by atoms with van der Waals surface area (Å²) in [5, 5.41) is 0. The summed E-state index contributed by atoms with van der Waals surface area (Å²) in [7, 11) is 0. The number of pyridine rings is 1. The van der Waals surface area contributed by atoms with E-state index in [0.29, 0.717) is 63.5 Å². The van der Waals surface area contributed by atoms with Crippen molar-refractivity contribution >= 4 is 17.6 Å². The van der Waals surface area contributed by atoms with Crippen LogP contribution in [0.25, 0.3) is 11.3 Å². The molecule has 2 aromatic heterocycles. The number of anilines is 3. The van der Waals surface area contributed by atoms with E-state index >= 15 is 0 Å². The van der Waals surface area contributed by atoms with E-state index in [1.807, 2.05) is 11.8 Å². The lowest BCUT2D eigenvalue weighted by atomic mass is 10.1. The van der Waals surface area contributed by atoms with Crippen LogP contribution < -0.4 is 15.5 Å². The summed E-state index contributed by atoms with van der Waals surface area (Å²) in [6, 6.07) is 3.06. The smallest absolute Gasteiger partial charge is 0.264 e. The van der Waals surface area contributed by atoms with Gasteiger partial charge in [-0.15, -0.1) is 0 Å². The topological polar surface area (TPSA) is 89.6 Å². The van der Waals surface area contributed by atoms with Gasteiger partial charge < -0.3 is 25.0 Å². The van der Waals surface area contributed by atoms with Crippen molar-refractivity contribution in [2.75, 3.05) is 61.6 Å². The quantitative estimate of drug-likeness (QED) is 0.826. The Morgan fingerprint density at radius 3 is 2.59 bits per heavy atom. The highest BCUT2D eigenvalue weighted by Gasteiger charge is 2.25. The molecule has 0 amide bonds. The minimum Gasteiger partial charge on any atom is -0.384 e. The second kappa shape index (κ2) is 8.42. The predicted octanol–water partition coefficient (Wildman–Crippen LogP) is 2.12. The van der Waals surface area contributed by atoms with Crippen molar-refractivity contribution < 1.29 is 18.3 Å². The molecule has 0 spiro atoms. The van der Waals surface area contributed by atoms with Gasteiger partial charge in [0, 0.05) is 43.0 Å². The van der Waals surface area contributed by atoms with Crippen LogP contribution in [0.15, 0.2) is 18.3 Å². The van der Waals surface area contributed by atoms with Crippen molar-refractivity contribution in [1.82, 2.24) is 15.0 Å². The molecule has 0 bridgehead atoms. The fourth-order valence-electron chi connectivity index (χ4n) is 3.56. The molecule has 2 aliphatic heterocycles. The standard InChI is InChI=1S/C19H24F2N6O2/c1-12-11-29-7-4-27(12)17-9-15(14-10-23-16(22)8-13(14)18(20)21)24-19(25-17)26-2-5-28-6-3-26/h8-10,12,18H,2-7,11H2,1H3,(H2,22,23)/t12-/m0/s1. The van der Waals surface area contributed by atoms with Gasteiger partial charge in [-0.25, -0.2) is 18.7 Å². The van der Waals surface area contributed by atoms with Crippen LogP contribution in [0.3, 0.4) is 0 Å². The number of morpholine rings is 2. The second-order valence-corrected chi connectivity index (χ2v) is 7.13. The monoisotopic (exact) mass is 406 g/mol. The van der Waals surface area contributed by atoms with E-state index in [-0.39, 0.29) is 23.0 Å². The van der Waals surface area contributed by atoms with E-state index in [2.05, 4.69) is 14.9 Å². The lowest BCUT2D eigenvalue weighted by Gasteiger charge is -2.35. The van der Waals surface area contributed by atoms with Gasteiger partial charge in [-0.05, 0) is 13.0 Å². The number of hydrogen-bond acceptors (Lipinski definition) is 8. The van der Waals surface area contributed by atoms with Crippen LogP contribution >= 0.6 is 0 Å². The van der Waals surface area contributed by atoms with E-state index in [9.17, 15) is 8.78 Å². The minimum atomic E-state index is -2.69. The molecule has 0 unspecified atom stereocenters. The lowest BCUT2D eigenvalue weighted by molar-refractivity contribution is 0.0985. The number of aromatic nitrogens is 3. The molecular weight excluding hydrogens is 382 g/mol. The van der Waals surface area contributed by atoms with Gasteiger partial charge in [0.2, 0.25) is 5.95 Å². The zero-order chi connectivity index (χ0) is 20.4. The Hall–Kier alpha value is -2.59. The molecule has 1 atom stereocenters. The zero-order valence-electron chi connectivity index (χ0n) is 16.2. The highest BCUT2D eigenvalue weighted by atomic mass is 19.3. The first kappa shape index (κ1) is 19.7. The van der Waals surface area contributed by atoms with Crippen LogP contribution in [-0.4, -0.2) is 67.1 Å². The summed E-state index contributed by atoms with van der Waals surface area (Å²) in [6.45, 7) is 6.31. The molecule has 0 radical (unpaired) electrons. The van der Waals surface area contributed by atoms with Crippen molar-refractivity contribution in [2.45, 2.75) is 19.4 Å². The molecule has 10 heteroatoms. The van der Waals surface area contributed by atoms with Gasteiger partial charge >= 0.3 is 0 Å².